The van der Waals surface area contributed by atoms with Crippen LogP contribution in [0.25, 0.3) is 0 Å². The number of carbonyl (C=O) groups excluding carboxylic acids is 2. The SMILES string of the molecule is CC1(C)CC(=O)N([C@H](c2cccnc2)[C@H]2CC2C(=O)NC2CC(C)(C)Oc3c(Cl)cccc32)C(N)=N1. The number of aromatic nitrogens is 1. The molecule has 2 amide bonds. The normalized spacial score (nSPS) is 26.8. The fourth-order valence-electron chi connectivity index (χ4n) is 5.52. The molecule has 1 aliphatic carbocycles. The molecule has 5 rings (SSSR count). The molecule has 3 aliphatic rings. The number of nitrogens with two attached hydrogens (primary N) is 1. The van der Waals surface area contributed by atoms with E-state index >= 15 is 0 Å². The molecule has 2 aromatic rings. The molecule has 4 atom stereocenters. The summed E-state index contributed by atoms with van der Waals surface area (Å²) in [4.78, 5) is 37.1. The summed E-state index contributed by atoms with van der Waals surface area (Å²) in [5, 5.41) is 3.77. The molecule has 3 N–H and O–H groups in total. The second kappa shape index (κ2) is 8.76. The van der Waals surface area contributed by atoms with Crippen LogP contribution in [0.4, 0.5) is 0 Å². The van der Waals surface area contributed by atoms with Crippen LogP contribution in [0.15, 0.2) is 47.7 Å². The number of carbonyl (C=O) groups is 2. The first kappa shape index (κ1) is 24.6. The molecule has 1 saturated carbocycles. The summed E-state index contributed by atoms with van der Waals surface area (Å²) >= 11 is 6.41. The molecule has 2 aliphatic heterocycles. The van der Waals surface area contributed by atoms with Gasteiger partial charge in [-0.3, -0.25) is 19.5 Å². The molecule has 0 spiro atoms. The van der Waals surface area contributed by atoms with Crippen molar-refractivity contribution in [2.24, 2.45) is 22.6 Å². The van der Waals surface area contributed by atoms with Crippen LogP contribution in [0.3, 0.4) is 0 Å². The summed E-state index contributed by atoms with van der Waals surface area (Å²) < 4.78 is 6.11. The Morgan fingerprint density at radius 3 is 2.72 bits per heavy atom. The first-order chi connectivity index (χ1) is 17.0. The monoisotopic (exact) mass is 509 g/mol. The molecule has 8 nitrogen and oxygen atoms in total. The zero-order valence-electron chi connectivity index (χ0n) is 21.0. The maximum absolute atomic E-state index is 13.5. The van der Waals surface area contributed by atoms with E-state index in [-0.39, 0.29) is 42.1 Å². The standard InChI is InChI=1S/C27H32ClN5O3/c1-26(2)13-21(34)33(25(29)32-26)22(15-7-6-10-30-14-15)17-11-18(17)24(35)31-20-12-27(3,4)36-23-16(20)8-5-9-19(23)28/h5-10,14,17-18,20,22H,11-13H2,1-4H3,(H2,29,32)(H,31,35)/t17-,18?,20?,22+/m0/s1. The van der Waals surface area contributed by atoms with Gasteiger partial charge in [0.05, 0.1) is 29.1 Å². The predicted octanol–water partition coefficient (Wildman–Crippen LogP) is 4.16. The lowest BCUT2D eigenvalue weighted by atomic mass is 9.89. The number of hydrogen-bond donors (Lipinski definition) is 2. The quantitative estimate of drug-likeness (QED) is 0.629. The van der Waals surface area contributed by atoms with E-state index in [1.165, 1.54) is 0 Å². The maximum Gasteiger partial charge on any atom is 0.232 e. The Morgan fingerprint density at radius 1 is 1.25 bits per heavy atom. The molecule has 1 aromatic heterocycles. The minimum atomic E-state index is -0.554. The summed E-state index contributed by atoms with van der Waals surface area (Å²) in [5.74, 6) is 0.293. The van der Waals surface area contributed by atoms with Crippen LogP contribution in [-0.2, 0) is 9.59 Å². The number of nitrogens with one attached hydrogen (secondary N) is 1. The fourth-order valence-corrected chi connectivity index (χ4v) is 5.74. The van der Waals surface area contributed by atoms with Crippen molar-refractivity contribution in [2.45, 2.75) is 70.2 Å². The Balaban J connectivity index is 1.40. The largest absolute Gasteiger partial charge is 0.486 e. The smallest absolute Gasteiger partial charge is 0.232 e. The summed E-state index contributed by atoms with van der Waals surface area (Å²) in [5.41, 5.74) is 7.01. The topological polar surface area (TPSA) is 110 Å². The lowest BCUT2D eigenvalue weighted by Gasteiger charge is -2.39. The average Bonchev–Trinajstić information content (AvgIpc) is 3.57. The van der Waals surface area contributed by atoms with E-state index in [1.54, 1.807) is 23.4 Å². The molecule has 2 unspecified atom stereocenters. The average molecular weight is 510 g/mol. The molecule has 0 radical (unpaired) electrons. The van der Waals surface area contributed by atoms with E-state index in [2.05, 4.69) is 15.3 Å². The summed E-state index contributed by atoms with van der Waals surface area (Å²) in [7, 11) is 0. The summed E-state index contributed by atoms with van der Waals surface area (Å²) in [6.45, 7) is 7.76. The first-order valence-corrected chi connectivity index (χ1v) is 12.7. The molecule has 1 aromatic carbocycles. The first-order valence-electron chi connectivity index (χ1n) is 12.3. The van der Waals surface area contributed by atoms with Crippen molar-refractivity contribution >= 4 is 29.4 Å². The van der Waals surface area contributed by atoms with Gasteiger partial charge in [0.25, 0.3) is 0 Å². The van der Waals surface area contributed by atoms with Gasteiger partial charge in [-0.1, -0.05) is 29.8 Å². The molecule has 0 bridgehead atoms. The zero-order chi connectivity index (χ0) is 25.8. The van der Waals surface area contributed by atoms with Crippen LogP contribution in [0.2, 0.25) is 5.02 Å². The van der Waals surface area contributed by atoms with Gasteiger partial charge in [0, 0.05) is 30.3 Å². The van der Waals surface area contributed by atoms with Crippen molar-refractivity contribution in [2.75, 3.05) is 0 Å². The maximum atomic E-state index is 13.5. The molecule has 0 saturated heterocycles. The van der Waals surface area contributed by atoms with Gasteiger partial charge in [-0.2, -0.15) is 0 Å². The lowest BCUT2D eigenvalue weighted by molar-refractivity contribution is -0.132. The van der Waals surface area contributed by atoms with Gasteiger partial charge >= 0.3 is 0 Å². The molecule has 3 heterocycles. The number of pyridine rings is 1. The Bertz CT molecular complexity index is 1230. The highest BCUT2D eigenvalue weighted by atomic mass is 35.5. The Morgan fingerprint density at radius 2 is 2.03 bits per heavy atom. The molecule has 1 fully saturated rings. The number of aliphatic imine (C=N–C) groups is 1. The van der Waals surface area contributed by atoms with Crippen LogP contribution in [0.5, 0.6) is 5.75 Å². The van der Waals surface area contributed by atoms with Crippen molar-refractivity contribution in [3.63, 3.8) is 0 Å². The van der Waals surface area contributed by atoms with Crippen LogP contribution < -0.4 is 15.8 Å². The van der Waals surface area contributed by atoms with E-state index in [0.29, 0.717) is 23.6 Å². The third-order valence-electron chi connectivity index (χ3n) is 7.17. The minimum absolute atomic E-state index is 0.0529. The number of halogens is 1. The van der Waals surface area contributed by atoms with Crippen molar-refractivity contribution in [3.8, 4) is 5.75 Å². The highest BCUT2D eigenvalue weighted by Gasteiger charge is 2.53. The van der Waals surface area contributed by atoms with Gasteiger partial charge in [-0.05, 0) is 57.7 Å². The Labute approximate surface area is 216 Å². The van der Waals surface area contributed by atoms with Gasteiger partial charge in [0.2, 0.25) is 11.8 Å². The second-order valence-electron chi connectivity index (χ2n) is 11.2. The summed E-state index contributed by atoms with van der Waals surface area (Å²) in [6, 6.07) is 8.72. The number of ether oxygens (including phenoxy) is 1. The van der Waals surface area contributed by atoms with E-state index < -0.39 is 17.2 Å². The predicted molar refractivity (Wildman–Crippen MR) is 137 cm³/mol. The molecular formula is C27H32ClN5O3. The Hall–Kier alpha value is -3.13. The highest BCUT2D eigenvalue weighted by molar-refractivity contribution is 6.32. The van der Waals surface area contributed by atoms with Gasteiger partial charge in [0.1, 0.15) is 11.4 Å². The second-order valence-corrected chi connectivity index (χ2v) is 11.7. The van der Waals surface area contributed by atoms with E-state index in [4.69, 9.17) is 22.1 Å². The highest BCUT2D eigenvalue weighted by Crippen LogP contribution is 2.52. The van der Waals surface area contributed by atoms with Gasteiger partial charge < -0.3 is 15.8 Å². The van der Waals surface area contributed by atoms with Gasteiger partial charge in [0.15, 0.2) is 5.96 Å². The van der Waals surface area contributed by atoms with Crippen molar-refractivity contribution in [1.82, 2.24) is 15.2 Å². The third-order valence-corrected chi connectivity index (χ3v) is 7.46. The minimum Gasteiger partial charge on any atom is -0.486 e. The number of para-hydroxylation sites is 1. The van der Waals surface area contributed by atoms with Crippen molar-refractivity contribution in [1.29, 1.82) is 0 Å². The number of hydrogen-bond acceptors (Lipinski definition) is 6. The number of fused-ring (bicyclic) bond motifs is 1. The van der Waals surface area contributed by atoms with Crippen LogP contribution in [-0.4, -0.2) is 38.8 Å². The van der Waals surface area contributed by atoms with Crippen molar-refractivity contribution in [3.05, 3.63) is 58.9 Å². The molecule has 9 heteroatoms. The number of guanidine groups is 1. The molecular weight excluding hydrogens is 478 g/mol. The fraction of sp³-hybridized carbons (Fsp3) is 0.481. The number of nitrogens with zero attached hydrogens (tertiary/aromatic N) is 3. The molecule has 36 heavy (non-hydrogen) atoms. The van der Waals surface area contributed by atoms with Gasteiger partial charge in [-0.25, -0.2) is 4.99 Å². The Kier molecular flexibility index (Phi) is 5.98. The van der Waals surface area contributed by atoms with Gasteiger partial charge in [-0.15, -0.1) is 0 Å². The zero-order valence-corrected chi connectivity index (χ0v) is 21.7. The van der Waals surface area contributed by atoms with E-state index in [0.717, 1.165) is 11.1 Å². The lowest BCUT2D eigenvalue weighted by Crippen LogP contribution is -2.52. The van der Waals surface area contributed by atoms with Crippen LogP contribution >= 0.6 is 11.6 Å². The van der Waals surface area contributed by atoms with E-state index in [1.807, 2.05) is 52.0 Å². The van der Waals surface area contributed by atoms with E-state index in [9.17, 15) is 9.59 Å². The third kappa shape index (κ3) is 4.66. The van der Waals surface area contributed by atoms with Crippen molar-refractivity contribution < 1.29 is 14.3 Å². The number of benzene rings is 1. The van der Waals surface area contributed by atoms with Crippen LogP contribution in [0.1, 0.15) is 70.2 Å². The number of amides is 2. The molecule has 190 valence electrons. The summed E-state index contributed by atoms with van der Waals surface area (Å²) in [6.07, 6.45) is 4.93. The number of rotatable bonds is 5. The van der Waals surface area contributed by atoms with Crippen LogP contribution in [0, 0.1) is 11.8 Å².